The number of nitrogens with zero attached hydrogens (tertiary/aromatic N) is 1. The van der Waals surface area contributed by atoms with Gasteiger partial charge in [0.05, 0.1) is 5.75 Å². The first kappa shape index (κ1) is 20.2. The Morgan fingerprint density at radius 3 is 2.54 bits per heavy atom. The van der Waals surface area contributed by atoms with Crippen LogP contribution in [0.1, 0.15) is 29.8 Å². The van der Waals surface area contributed by atoms with Gasteiger partial charge in [0, 0.05) is 24.7 Å². The third-order valence-electron chi connectivity index (χ3n) is 4.39. The summed E-state index contributed by atoms with van der Waals surface area (Å²) < 4.78 is 37.5. The van der Waals surface area contributed by atoms with Crippen LogP contribution in [0.2, 0.25) is 0 Å². The Balaban J connectivity index is 1.59. The molecule has 0 saturated heterocycles. The smallest absolute Gasteiger partial charge is 0.251 e. The van der Waals surface area contributed by atoms with E-state index in [0.29, 0.717) is 23.6 Å². The van der Waals surface area contributed by atoms with Crippen molar-refractivity contribution >= 4 is 15.9 Å². The molecule has 0 bridgehead atoms. The van der Waals surface area contributed by atoms with Crippen LogP contribution in [0.3, 0.4) is 0 Å². The first-order valence-corrected chi connectivity index (χ1v) is 10.7. The summed E-state index contributed by atoms with van der Waals surface area (Å²) in [6.45, 7) is 4.13. The van der Waals surface area contributed by atoms with Crippen molar-refractivity contribution in [3.05, 3.63) is 59.7 Å². The molecule has 0 atom stereocenters. The maximum absolute atomic E-state index is 12.8. The van der Waals surface area contributed by atoms with E-state index in [-0.39, 0.29) is 31.0 Å². The lowest BCUT2D eigenvalue weighted by Crippen LogP contribution is -2.41. The summed E-state index contributed by atoms with van der Waals surface area (Å²) in [7, 11) is -3.53. The molecular formula is C20H24N2O5S. The Morgan fingerprint density at radius 1 is 1.11 bits per heavy atom. The van der Waals surface area contributed by atoms with Crippen LogP contribution in [0.25, 0.3) is 0 Å². The predicted octanol–water partition coefficient (Wildman–Crippen LogP) is 2.39. The van der Waals surface area contributed by atoms with Crippen molar-refractivity contribution in [1.82, 2.24) is 9.62 Å². The molecule has 0 saturated carbocycles. The van der Waals surface area contributed by atoms with Crippen LogP contribution in [-0.2, 0) is 16.6 Å². The number of nitrogens with one attached hydrogen (secondary N) is 1. The van der Waals surface area contributed by atoms with Crippen molar-refractivity contribution in [2.24, 2.45) is 0 Å². The molecule has 0 unspecified atom stereocenters. The molecule has 0 spiro atoms. The van der Waals surface area contributed by atoms with E-state index >= 15 is 0 Å². The topological polar surface area (TPSA) is 84.9 Å². The number of ether oxygens (including phenoxy) is 2. The van der Waals surface area contributed by atoms with Crippen LogP contribution in [0.4, 0.5) is 0 Å². The molecule has 0 fully saturated rings. The van der Waals surface area contributed by atoms with Crippen LogP contribution < -0.4 is 14.8 Å². The summed E-state index contributed by atoms with van der Waals surface area (Å²) >= 11 is 0. The number of amides is 1. The number of rotatable bonds is 8. The third-order valence-corrected chi connectivity index (χ3v) is 6.38. The van der Waals surface area contributed by atoms with E-state index in [1.807, 2.05) is 44.2 Å². The highest BCUT2D eigenvalue weighted by atomic mass is 32.2. The Morgan fingerprint density at radius 2 is 1.82 bits per heavy atom. The van der Waals surface area contributed by atoms with Gasteiger partial charge in [-0.15, -0.1) is 0 Å². The van der Waals surface area contributed by atoms with Gasteiger partial charge in [-0.2, -0.15) is 4.31 Å². The molecule has 28 heavy (non-hydrogen) atoms. The zero-order chi connectivity index (χ0) is 20.1. The molecule has 1 heterocycles. The molecule has 150 valence electrons. The molecule has 1 aliphatic rings. The number of benzene rings is 2. The van der Waals surface area contributed by atoms with Gasteiger partial charge in [-0.05, 0) is 37.6 Å². The fourth-order valence-electron chi connectivity index (χ4n) is 2.92. The maximum Gasteiger partial charge on any atom is 0.251 e. The lowest BCUT2D eigenvalue weighted by Gasteiger charge is -2.26. The molecule has 3 rings (SSSR count). The molecule has 1 aliphatic heterocycles. The highest BCUT2D eigenvalue weighted by Crippen LogP contribution is 2.32. The van der Waals surface area contributed by atoms with Gasteiger partial charge in [0.1, 0.15) is 0 Å². The normalized spacial score (nSPS) is 13.1. The number of carbonyl (C=O) groups excluding carboxylic acids is 1. The summed E-state index contributed by atoms with van der Waals surface area (Å²) in [6.07, 6.45) is 0. The van der Waals surface area contributed by atoms with Crippen molar-refractivity contribution in [2.75, 3.05) is 19.1 Å². The number of fused-ring (bicyclic) bond motifs is 1. The van der Waals surface area contributed by atoms with Gasteiger partial charge in [0.25, 0.3) is 5.91 Å². The van der Waals surface area contributed by atoms with Crippen LogP contribution in [0.15, 0.2) is 48.5 Å². The van der Waals surface area contributed by atoms with Crippen molar-refractivity contribution in [1.29, 1.82) is 0 Å². The number of hydrogen-bond donors (Lipinski definition) is 1. The fraction of sp³-hybridized carbons (Fsp3) is 0.350. The minimum Gasteiger partial charge on any atom is -0.454 e. The largest absolute Gasteiger partial charge is 0.454 e. The highest BCUT2D eigenvalue weighted by molar-refractivity contribution is 7.89. The van der Waals surface area contributed by atoms with Gasteiger partial charge in [0.15, 0.2) is 11.5 Å². The standard InChI is InChI=1S/C20H24N2O5S/c1-15(2)22(13-16-6-4-3-5-7-16)28(24,25)11-10-21-20(23)17-8-9-18-19(12-17)27-14-26-18/h3-9,12,15H,10-11,13-14H2,1-2H3,(H,21,23). The Bertz CT molecular complexity index is 929. The molecule has 2 aromatic carbocycles. The molecule has 8 heteroatoms. The molecule has 0 radical (unpaired) electrons. The molecule has 0 aromatic heterocycles. The molecule has 0 aliphatic carbocycles. The summed E-state index contributed by atoms with van der Waals surface area (Å²) in [5.41, 5.74) is 1.32. The second-order valence-corrected chi connectivity index (χ2v) is 8.81. The maximum atomic E-state index is 12.8. The van der Waals surface area contributed by atoms with Crippen LogP contribution in [0, 0.1) is 0 Å². The molecule has 2 aromatic rings. The summed E-state index contributed by atoms with van der Waals surface area (Å²) in [5.74, 6) is 0.572. The summed E-state index contributed by atoms with van der Waals surface area (Å²) in [6, 6.07) is 14.1. The minimum atomic E-state index is -3.53. The van der Waals surface area contributed by atoms with E-state index in [9.17, 15) is 13.2 Å². The van der Waals surface area contributed by atoms with Gasteiger partial charge in [-0.25, -0.2) is 8.42 Å². The monoisotopic (exact) mass is 404 g/mol. The van der Waals surface area contributed by atoms with Crippen molar-refractivity contribution in [3.63, 3.8) is 0 Å². The molecular weight excluding hydrogens is 380 g/mol. The van der Waals surface area contributed by atoms with Gasteiger partial charge >= 0.3 is 0 Å². The second-order valence-electron chi connectivity index (χ2n) is 6.76. The zero-order valence-corrected chi connectivity index (χ0v) is 16.7. The predicted molar refractivity (Wildman–Crippen MR) is 106 cm³/mol. The van der Waals surface area contributed by atoms with E-state index < -0.39 is 10.0 Å². The van der Waals surface area contributed by atoms with Gasteiger partial charge in [-0.3, -0.25) is 4.79 Å². The quantitative estimate of drug-likeness (QED) is 0.730. The Kier molecular flexibility index (Phi) is 6.21. The first-order valence-electron chi connectivity index (χ1n) is 9.08. The first-order chi connectivity index (χ1) is 13.4. The number of sulfonamides is 1. The van der Waals surface area contributed by atoms with Crippen LogP contribution in [0.5, 0.6) is 11.5 Å². The average Bonchev–Trinajstić information content (AvgIpc) is 3.14. The van der Waals surface area contributed by atoms with E-state index in [4.69, 9.17) is 9.47 Å². The van der Waals surface area contributed by atoms with E-state index in [2.05, 4.69) is 5.32 Å². The zero-order valence-electron chi connectivity index (χ0n) is 15.9. The van der Waals surface area contributed by atoms with Crippen LogP contribution >= 0.6 is 0 Å². The van der Waals surface area contributed by atoms with Gasteiger partial charge in [-0.1, -0.05) is 30.3 Å². The lowest BCUT2D eigenvalue weighted by atomic mass is 10.2. The van der Waals surface area contributed by atoms with Crippen molar-refractivity contribution in [2.45, 2.75) is 26.4 Å². The molecule has 1 amide bonds. The summed E-state index contributed by atoms with van der Waals surface area (Å²) in [5, 5.41) is 2.66. The lowest BCUT2D eigenvalue weighted by molar-refractivity contribution is 0.0955. The second kappa shape index (κ2) is 8.62. The Labute approximate surface area is 165 Å². The van der Waals surface area contributed by atoms with E-state index in [1.54, 1.807) is 18.2 Å². The molecule has 1 N–H and O–H groups in total. The van der Waals surface area contributed by atoms with Crippen LogP contribution in [-0.4, -0.2) is 43.8 Å². The molecule has 7 nitrogen and oxygen atoms in total. The number of carbonyl (C=O) groups is 1. The third kappa shape index (κ3) is 4.82. The summed E-state index contributed by atoms with van der Waals surface area (Å²) in [4.78, 5) is 12.3. The Hall–Kier alpha value is -2.58. The van der Waals surface area contributed by atoms with Crippen molar-refractivity contribution < 1.29 is 22.7 Å². The minimum absolute atomic E-state index is 0.0214. The van der Waals surface area contributed by atoms with Gasteiger partial charge in [0.2, 0.25) is 16.8 Å². The van der Waals surface area contributed by atoms with E-state index in [1.165, 1.54) is 4.31 Å². The average molecular weight is 404 g/mol. The van der Waals surface area contributed by atoms with E-state index in [0.717, 1.165) is 5.56 Å². The number of hydrogen-bond acceptors (Lipinski definition) is 5. The SMILES string of the molecule is CC(C)N(Cc1ccccc1)S(=O)(=O)CCNC(=O)c1ccc2c(c1)OCO2. The van der Waals surface area contributed by atoms with Crippen molar-refractivity contribution in [3.8, 4) is 11.5 Å². The van der Waals surface area contributed by atoms with Gasteiger partial charge < -0.3 is 14.8 Å². The highest BCUT2D eigenvalue weighted by Gasteiger charge is 2.25. The fourth-order valence-corrected chi connectivity index (χ4v) is 4.50.